The standard InChI is InChI=1S/C6H9Br2/c7-5-3-1-2-4-6(5)8/h3,5-6H,1-2,4H2. The van der Waals surface area contributed by atoms with Crippen LogP contribution in [0.25, 0.3) is 0 Å². The summed E-state index contributed by atoms with van der Waals surface area (Å²) in [6.07, 6.45) is 6.26. The van der Waals surface area contributed by atoms with Gasteiger partial charge >= 0.3 is 0 Å². The van der Waals surface area contributed by atoms with Crippen LogP contribution in [0.2, 0.25) is 0 Å². The van der Waals surface area contributed by atoms with E-state index in [0.29, 0.717) is 9.65 Å². The average Bonchev–Trinajstić information content (AvgIpc) is 1.77. The van der Waals surface area contributed by atoms with E-state index in [1.54, 1.807) is 0 Å². The van der Waals surface area contributed by atoms with Gasteiger partial charge in [-0.2, -0.15) is 0 Å². The Morgan fingerprint density at radius 1 is 1.38 bits per heavy atom. The molecule has 0 nitrogen and oxygen atoms in total. The van der Waals surface area contributed by atoms with Crippen LogP contribution in [0.15, 0.2) is 0 Å². The molecule has 1 aliphatic carbocycles. The Bertz CT molecular complexity index is 62.9. The van der Waals surface area contributed by atoms with E-state index in [1.807, 2.05) is 0 Å². The van der Waals surface area contributed by atoms with Crippen LogP contribution >= 0.6 is 31.9 Å². The Labute approximate surface area is 67.3 Å². The van der Waals surface area contributed by atoms with Gasteiger partial charge in [0.05, 0.1) is 0 Å². The maximum atomic E-state index is 3.58. The van der Waals surface area contributed by atoms with Gasteiger partial charge in [-0.05, 0) is 19.3 Å². The molecular weight excluding hydrogens is 232 g/mol. The normalized spacial score (nSPS) is 39.8. The van der Waals surface area contributed by atoms with Gasteiger partial charge in [0.2, 0.25) is 0 Å². The van der Waals surface area contributed by atoms with Crippen molar-refractivity contribution in [2.75, 3.05) is 0 Å². The average molecular weight is 241 g/mol. The summed E-state index contributed by atoms with van der Waals surface area (Å²) in [6, 6.07) is 0. The fourth-order valence-corrected chi connectivity index (χ4v) is 1.97. The van der Waals surface area contributed by atoms with Crippen LogP contribution in [0.5, 0.6) is 0 Å². The molecule has 8 heavy (non-hydrogen) atoms. The molecule has 0 aliphatic heterocycles. The molecule has 0 aromatic heterocycles. The number of halogens is 2. The fraction of sp³-hybridized carbons (Fsp3) is 0.833. The van der Waals surface area contributed by atoms with Gasteiger partial charge in [0, 0.05) is 9.65 Å². The summed E-state index contributed by atoms with van der Waals surface area (Å²) in [4.78, 5) is 1.28. The molecule has 47 valence electrons. The molecule has 1 fully saturated rings. The highest BCUT2D eigenvalue weighted by Gasteiger charge is 2.19. The largest absolute Gasteiger partial charge is 0.0878 e. The lowest BCUT2D eigenvalue weighted by Gasteiger charge is -2.21. The third kappa shape index (κ3) is 1.73. The zero-order valence-corrected chi connectivity index (χ0v) is 7.78. The first-order valence-electron chi connectivity index (χ1n) is 2.92. The SMILES string of the molecule is BrC1[CH]CCCC1Br. The molecule has 1 saturated carbocycles. The first kappa shape index (κ1) is 7.07. The molecular formula is C6H9Br2. The molecule has 0 heterocycles. The first-order valence-corrected chi connectivity index (χ1v) is 4.75. The van der Waals surface area contributed by atoms with Crippen LogP contribution in [-0.4, -0.2) is 9.65 Å². The minimum atomic E-state index is 0.608. The third-order valence-corrected chi connectivity index (χ3v) is 4.17. The second kappa shape index (κ2) is 3.21. The Kier molecular flexibility index (Phi) is 2.84. The predicted octanol–water partition coefficient (Wildman–Crippen LogP) is 2.90. The van der Waals surface area contributed by atoms with Gasteiger partial charge in [0.25, 0.3) is 0 Å². The summed E-state index contributed by atoms with van der Waals surface area (Å²) in [6.45, 7) is 0. The number of hydrogen-bond donors (Lipinski definition) is 0. The zero-order chi connectivity index (χ0) is 5.98. The Morgan fingerprint density at radius 3 is 2.50 bits per heavy atom. The molecule has 2 heteroatoms. The van der Waals surface area contributed by atoms with Gasteiger partial charge in [-0.15, -0.1) is 0 Å². The van der Waals surface area contributed by atoms with E-state index in [9.17, 15) is 0 Å². The molecule has 0 amide bonds. The first-order chi connectivity index (χ1) is 3.80. The van der Waals surface area contributed by atoms with Crippen molar-refractivity contribution in [3.8, 4) is 0 Å². The molecule has 0 saturated heterocycles. The van der Waals surface area contributed by atoms with Crippen molar-refractivity contribution in [3.05, 3.63) is 6.42 Å². The summed E-state index contributed by atoms with van der Waals surface area (Å²) < 4.78 is 0. The number of hydrogen-bond acceptors (Lipinski definition) is 0. The Morgan fingerprint density at radius 2 is 2.12 bits per heavy atom. The van der Waals surface area contributed by atoms with E-state index < -0.39 is 0 Å². The topological polar surface area (TPSA) is 0 Å². The minimum absolute atomic E-state index is 0.608. The molecule has 0 aromatic carbocycles. The molecule has 0 spiro atoms. The summed E-state index contributed by atoms with van der Waals surface area (Å²) in [5.41, 5.74) is 0. The zero-order valence-electron chi connectivity index (χ0n) is 4.61. The molecule has 0 bridgehead atoms. The second-order valence-electron chi connectivity index (χ2n) is 2.13. The molecule has 1 rings (SSSR count). The lowest BCUT2D eigenvalue weighted by atomic mass is 10.0. The smallest absolute Gasteiger partial charge is 0.0302 e. The molecule has 2 atom stereocenters. The van der Waals surface area contributed by atoms with Crippen LogP contribution in [0.3, 0.4) is 0 Å². The third-order valence-electron chi connectivity index (χ3n) is 1.42. The fourth-order valence-electron chi connectivity index (χ4n) is 0.897. The highest BCUT2D eigenvalue weighted by Crippen LogP contribution is 2.28. The van der Waals surface area contributed by atoms with Crippen molar-refractivity contribution in [1.82, 2.24) is 0 Å². The van der Waals surface area contributed by atoms with Gasteiger partial charge < -0.3 is 0 Å². The van der Waals surface area contributed by atoms with E-state index in [-0.39, 0.29) is 0 Å². The van der Waals surface area contributed by atoms with Crippen LogP contribution in [0, 0.1) is 6.42 Å². The highest BCUT2D eigenvalue weighted by atomic mass is 79.9. The van der Waals surface area contributed by atoms with E-state index in [4.69, 9.17) is 0 Å². The lowest BCUT2D eigenvalue weighted by Crippen LogP contribution is -2.18. The van der Waals surface area contributed by atoms with Crippen LogP contribution in [0.1, 0.15) is 19.3 Å². The quantitative estimate of drug-likeness (QED) is 0.572. The second-order valence-corrected chi connectivity index (χ2v) is 4.36. The Balaban J connectivity index is 2.28. The molecule has 0 N–H and O–H groups in total. The van der Waals surface area contributed by atoms with Crippen LogP contribution in [0.4, 0.5) is 0 Å². The van der Waals surface area contributed by atoms with Crippen molar-refractivity contribution in [2.45, 2.75) is 28.9 Å². The van der Waals surface area contributed by atoms with Gasteiger partial charge in [-0.1, -0.05) is 38.3 Å². The molecule has 1 aliphatic rings. The van der Waals surface area contributed by atoms with Gasteiger partial charge in [0.1, 0.15) is 0 Å². The van der Waals surface area contributed by atoms with Gasteiger partial charge in [-0.25, -0.2) is 0 Å². The van der Waals surface area contributed by atoms with Crippen LogP contribution < -0.4 is 0 Å². The van der Waals surface area contributed by atoms with Gasteiger partial charge in [0.15, 0.2) is 0 Å². The molecule has 0 aromatic rings. The lowest BCUT2D eigenvalue weighted by molar-refractivity contribution is 0.628. The molecule has 1 radical (unpaired) electrons. The monoisotopic (exact) mass is 239 g/mol. The van der Waals surface area contributed by atoms with Crippen molar-refractivity contribution >= 4 is 31.9 Å². The summed E-state index contributed by atoms with van der Waals surface area (Å²) in [7, 11) is 0. The van der Waals surface area contributed by atoms with Crippen LogP contribution in [-0.2, 0) is 0 Å². The number of alkyl halides is 2. The van der Waals surface area contributed by atoms with Gasteiger partial charge in [-0.3, -0.25) is 0 Å². The number of rotatable bonds is 0. The van der Waals surface area contributed by atoms with E-state index in [0.717, 1.165) is 0 Å². The maximum absolute atomic E-state index is 3.58. The predicted molar refractivity (Wildman–Crippen MR) is 43.6 cm³/mol. The van der Waals surface area contributed by atoms with E-state index in [1.165, 1.54) is 19.3 Å². The Hall–Kier alpha value is 0.960. The van der Waals surface area contributed by atoms with Crippen molar-refractivity contribution < 1.29 is 0 Å². The summed E-state index contributed by atoms with van der Waals surface area (Å²) in [5, 5.41) is 0. The van der Waals surface area contributed by atoms with E-state index >= 15 is 0 Å². The van der Waals surface area contributed by atoms with Crippen molar-refractivity contribution in [1.29, 1.82) is 0 Å². The van der Waals surface area contributed by atoms with Crippen molar-refractivity contribution in [2.24, 2.45) is 0 Å². The van der Waals surface area contributed by atoms with Crippen molar-refractivity contribution in [3.63, 3.8) is 0 Å². The summed E-state index contributed by atoms with van der Waals surface area (Å²) in [5.74, 6) is 0. The highest BCUT2D eigenvalue weighted by molar-refractivity contribution is 9.12. The minimum Gasteiger partial charge on any atom is -0.0878 e. The maximum Gasteiger partial charge on any atom is 0.0302 e. The molecule has 2 unspecified atom stereocenters. The summed E-state index contributed by atoms with van der Waals surface area (Å²) >= 11 is 7.13. The van der Waals surface area contributed by atoms with E-state index in [2.05, 4.69) is 38.3 Å².